The highest BCUT2D eigenvalue weighted by Gasteiger charge is 2.13. The Morgan fingerprint density at radius 2 is 2.11 bits per heavy atom. The molecule has 0 amide bonds. The lowest BCUT2D eigenvalue weighted by Gasteiger charge is -2.13. The maximum atomic E-state index is 6.21. The van der Waals surface area contributed by atoms with Gasteiger partial charge in [-0.05, 0) is 25.5 Å². The number of aromatic nitrogens is 3. The van der Waals surface area contributed by atoms with Gasteiger partial charge in [0.15, 0.2) is 0 Å². The zero-order chi connectivity index (χ0) is 14.0. The number of aryl methyl sites for hydroxylation is 1. The quantitative estimate of drug-likeness (QED) is 0.935. The van der Waals surface area contributed by atoms with E-state index in [1.165, 1.54) is 0 Å². The molecule has 0 aliphatic heterocycles. The van der Waals surface area contributed by atoms with Gasteiger partial charge in [0.25, 0.3) is 0 Å². The summed E-state index contributed by atoms with van der Waals surface area (Å²) in [7, 11) is 0. The van der Waals surface area contributed by atoms with Gasteiger partial charge in [-0.15, -0.1) is 0 Å². The second-order valence-corrected chi connectivity index (χ2v) is 5.31. The molecule has 0 unspecified atom stereocenters. The minimum absolute atomic E-state index is 0.435. The highest BCUT2D eigenvalue weighted by atomic mass is 35.5. The van der Waals surface area contributed by atoms with E-state index < -0.39 is 0 Å². The van der Waals surface area contributed by atoms with Gasteiger partial charge in [0.05, 0.1) is 28.3 Å². The standard InChI is InChI=1S/C14H19ClN4/c1-9(2)17-7-12-5-6-16-8-13(12)19-11(4)14(15)10(3)18-19/h5-6,8-9,17H,7H2,1-4H3. The van der Waals surface area contributed by atoms with Crippen molar-refractivity contribution in [1.82, 2.24) is 20.1 Å². The summed E-state index contributed by atoms with van der Waals surface area (Å²) in [4.78, 5) is 4.20. The number of nitrogens with zero attached hydrogens (tertiary/aromatic N) is 3. The van der Waals surface area contributed by atoms with Crippen molar-refractivity contribution in [3.63, 3.8) is 0 Å². The van der Waals surface area contributed by atoms with Crippen LogP contribution in [0.1, 0.15) is 30.8 Å². The fourth-order valence-electron chi connectivity index (χ4n) is 1.93. The van der Waals surface area contributed by atoms with Gasteiger partial charge < -0.3 is 5.32 Å². The first kappa shape index (κ1) is 14.0. The Morgan fingerprint density at radius 1 is 1.37 bits per heavy atom. The van der Waals surface area contributed by atoms with Gasteiger partial charge in [-0.2, -0.15) is 5.10 Å². The van der Waals surface area contributed by atoms with Crippen LogP contribution in [-0.2, 0) is 6.54 Å². The van der Waals surface area contributed by atoms with Crippen LogP contribution in [0.3, 0.4) is 0 Å². The van der Waals surface area contributed by atoms with Crippen molar-refractivity contribution in [2.45, 2.75) is 40.3 Å². The number of pyridine rings is 1. The summed E-state index contributed by atoms with van der Waals surface area (Å²) in [6.07, 6.45) is 3.63. The summed E-state index contributed by atoms with van der Waals surface area (Å²) < 4.78 is 1.86. The largest absolute Gasteiger partial charge is 0.310 e. The maximum Gasteiger partial charge on any atom is 0.0877 e. The predicted molar refractivity (Wildman–Crippen MR) is 77.8 cm³/mol. The van der Waals surface area contributed by atoms with Gasteiger partial charge >= 0.3 is 0 Å². The van der Waals surface area contributed by atoms with Gasteiger partial charge in [-0.1, -0.05) is 25.4 Å². The van der Waals surface area contributed by atoms with Crippen molar-refractivity contribution in [1.29, 1.82) is 0 Å². The van der Waals surface area contributed by atoms with Crippen molar-refractivity contribution >= 4 is 11.6 Å². The van der Waals surface area contributed by atoms with Crippen LogP contribution in [0.15, 0.2) is 18.5 Å². The molecular formula is C14H19ClN4. The van der Waals surface area contributed by atoms with Gasteiger partial charge in [0, 0.05) is 18.8 Å². The average molecular weight is 279 g/mol. The summed E-state index contributed by atoms with van der Waals surface area (Å²) in [5.41, 5.74) is 3.91. The topological polar surface area (TPSA) is 42.7 Å². The lowest BCUT2D eigenvalue weighted by atomic mass is 10.2. The molecule has 0 spiro atoms. The fraction of sp³-hybridized carbons (Fsp3) is 0.429. The fourth-order valence-corrected chi connectivity index (χ4v) is 2.05. The minimum atomic E-state index is 0.435. The van der Waals surface area contributed by atoms with E-state index in [1.54, 1.807) is 6.20 Å². The molecular weight excluding hydrogens is 260 g/mol. The highest BCUT2D eigenvalue weighted by Crippen LogP contribution is 2.23. The Kier molecular flexibility index (Phi) is 4.22. The molecule has 2 aromatic rings. The summed E-state index contributed by atoms with van der Waals surface area (Å²) in [6, 6.07) is 2.44. The Labute approximate surface area is 118 Å². The zero-order valence-electron chi connectivity index (χ0n) is 11.7. The molecule has 0 aliphatic rings. The number of nitrogens with one attached hydrogen (secondary N) is 1. The second-order valence-electron chi connectivity index (χ2n) is 4.94. The van der Waals surface area contributed by atoms with Crippen molar-refractivity contribution in [3.05, 3.63) is 40.4 Å². The van der Waals surface area contributed by atoms with E-state index in [2.05, 4.69) is 29.2 Å². The van der Waals surface area contributed by atoms with Crippen LogP contribution < -0.4 is 5.32 Å². The van der Waals surface area contributed by atoms with Crippen LogP contribution in [0, 0.1) is 13.8 Å². The number of hydrogen-bond acceptors (Lipinski definition) is 3. The Balaban J connectivity index is 2.41. The zero-order valence-corrected chi connectivity index (χ0v) is 12.5. The molecule has 19 heavy (non-hydrogen) atoms. The molecule has 0 aliphatic carbocycles. The molecule has 102 valence electrons. The smallest absolute Gasteiger partial charge is 0.0877 e. The van der Waals surface area contributed by atoms with Crippen molar-refractivity contribution < 1.29 is 0 Å². The first-order valence-electron chi connectivity index (χ1n) is 6.39. The van der Waals surface area contributed by atoms with Gasteiger partial charge in [-0.3, -0.25) is 4.98 Å². The predicted octanol–water partition coefficient (Wildman–Crippen LogP) is 3.04. The number of halogens is 1. The van der Waals surface area contributed by atoms with Crippen LogP contribution in [0.25, 0.3) is 5.69 Å². The molecule has 0 radical (unpaired) electrons. The molecule has 2 rings (SSSR count). The SMILES string of the molecule is Cc1nn(-c2cnccc2CNC(C)C)c(C)c1Cl. The third kappa shape index (κ3) is 2.96. The van der Waals surface area contributed by atoms with Gasteiger partial charge in [0.2, 0.25) is 0 Å². The molecule has 0 saturated carbocycles. The lowest BCUT2D eigenvalue weighted by molar-refractivity contribution is 0.585. The number of hydrogen-bond donors (Lipinski definition) is 1. The molecule has 1 N–H and O–H groups in total. The van der Waals surface area contributed by atoms with E-state index in [4.69, 9.17) is 11.6 Å². The Morgan fingerprint density at radius 3 is 2.68 bits per heavy atom. The van der Waals surface area contributed by atoms with Gasteiger partial charge in [0.1, 0.15) is 0 Å². The Bertz CT molecular complexity index is 575. The molecule has 0 saturated heterocycles. The third-order valence-corrected chi connectivity index (χ3v) is 3.57. The summed E-state index contributed by atoms with van der Waals surface area (Å²) in [5.74, 6) is 0. The Hall–Kier alpha value is -1.39. The van der Waals surface area contributed by atoms with Crippen LogP contribution in [-0.4, -0.2) is 20.8 Å². The second kappa shape index (κ2) is 5.72. The molecule has 5 heteroatoms. The minimum Gasteiger partial charge on any atom is -0.310 e. The van der Waals surface area contributed by atoms with Crippen LogP contribution in [0.5, 0.6) is 0 Å². The normalized spacial score (nSPS) is 11.3. The van der Waals surface area contributed by atoms with E-state index in [-0.39, 0.29) is 0 Å². The third-order valence-electron chi connectivity index (χ3n) is 3.02. The van der Waals surface area contributed by atoms with E-state index in [0.717, 1.165) is 29.2 Å². The molecule has 0 aromatic carbocycles. The van der Waals surface area contributed by atoms with Crippen LogP contribution in [0.2, 0.25) is 5.02 Å². The van der Waals surface area contributed by atoms with E-state index in [1.807, 2.05) is 30.8 Å². The highest BCUT2D eigenvalue weighted by molar-refractivity contribution is 6.31. The summed E-state index contributed by atoms with van der Waals surface area (Å²) in [5, 5.41) is 8.61. The van der Waals surface area contributed by atoms with E-state index >= 15 is 0 Å². The van der Waals surface area contributed by atoms with Crippen molar-refractivity contribution in [2.75, 3.05) is 0 Å². The monoisotopic (exact) mass is 278 g/mol. The van der Waals surface area contributed by atoms with E-state index in [0.29, 0.717) is 11.1 Å². The summed E-state index contributed by atoms with van der Waals surface area (Å²) >= 11 is 6.21. The number of rotatable bonds is 4. The van der Waals surface area contributed by atoms with Crippen LogP contribution in [0.4, 0.5) is 0 Å². The van der Waals surface area contributed by atoms with Crippen molar-refractivity contribution in [2.24, 2.45) is 0 Å². The first-order chi connectivity index (χ1) is 9.00. The molecule has 0 atom stereocenters. The molecule has 4 nitrogen and oxygen atoms in total. The average Bonchev–Trinajstić information content (AvgIpc) is 2.64. The van der Waals surface area contributed by atoms with Crippen molar-refractivity contribution in [3.8, 4) is 5.69 Å². The molecule has 0 bridgehead atoms. The molecule has 0 fully saturated rings. The molecule has 2 aromatic heterocycles. The lowest BCUT2D eigenvalue weighted by Crippen LogP contribution is -2.23. The van der Waals surface area contributed by atoms with E-state index in [9.17, 15) is 0 Å². The maximum absolute atomic E-state index is 6.21. The summed E-state index contributed by atoms with van der Waals surface area (Å²) in [6.45, 7) is 8.91. The molecule has 2 heterocycles. The van der Waals surface area contributed by atoms with Crippen LogP contribution >= 0.6 is 11.6 Å². The van der Waals surface area contributed by atoms with Gasteiger partial charge in [-0.25, -0.2) is 4.68 Å². The first-order valence-corrected chi connectivity index (χ1v) is 6.77.